The van der Waals surface area contributed by atoms with Crippen LogP contribution in [-0.4, -0.2) is 29.2 Å². The SMILES string of the molecule is COC1CC(Nc2nccc(C)c2[N+](=O)[O-])C1. The number of hydrogen-bond acceptors (Lipinski definition) is 5. The van der Waals surface area contributed by atoms with Crippen molar-refractivity contribution in [2.24, 2.45) is 0 Å². The fourth-order valence-electron chi connectivity index (χ4n) is 1.96. The molecule has 6 heteroatoms. The summed E-state index contributed by atoms with van der Waals surface area (Å²) in [6.07, 6.45) is 3.57. The van der Waals surface area contributed by atoms with Gasteiger partial charge in [0.25, 0.3) is 0 Å². The third-order valence-corrected chi connectivity index (χ3v) is 3.08. The van der Waals surface area contributed by atoms with Crippen LogP contribution in [0.1, 0.15) is 18.4 Å². The first-order valence-electron chi connectivity index (χ1n) is 5.51. The number of ether oxygens (including phenoxy) is 1. The molecule has 0 saturated heterocycles. The molecule has 0 aromatic carbocycles. The third-order valence-electron chi connectivity index (χ3n) is 3.08. The van der Waals surface area contributed by atoms with E-state index >= 15 is 0 Å². The van der Waals surface area contributed by atoms with E-state index in [-0.39, 0.29) is 17.8 Å². The number of nitrogens with one attached hydrogen (secondary N) is 1. The minimum atomic E-state index is -0.392. The van der Waals surface area contributed by atoms with Gasteiger partial charge in [-0.3, -0.25) is 10.1 Å². The molecule has 0 amide bonds. The van der Waals surface area contributed by atoms with Gasteiger partial charge in [-0.05, 0) is 25.8 Å². The van der Waals surface area contributed by atoms with Crippen molar-refractivity contribution in [1.82, 2.24) is 4.98 Å². The zero-order valence-corrected chi connectivity index (χ0v) is 9.84. The molecule has 0 unspecified atom stereocenters. The maximum absolute atomic E-state index is 11.0. The second kappa shape index (κ2) is 4.67. The molecule has 2 rings (SSSR count). The Morgan fingerprint density at radius 2 is 2.29 bits per heavy atom. The first kappa shape index (κ1) is 11.8. The summed E-state index contributed by atoms with van der Waals surface area (Å²) >= 11 is 0. The van der Waals surface area contributed by atoms with Crippen molar-refractivity contribution in [2.45, 2.75) is 31.9 Å². The molecule has 1 N–H and O–H groups in total. The van der Waals surface area contributed by atoms with E-state index in [1.165, 1.54) is 0 Å². The molecule has 1 aliphatic carbocycles. The highest BCUT2D eigenvalue weighted by molar-refractivity contribution is 5.60. The molecule has 0 aliphatic heterocycles. The van der Waals surface area contributed by atoms with Crippen LogP contribution in [0.4, 0.5) is 11.5 Å². The molecular weight excluding hydrogens is 222 g/mol. The first-order chi connectivity index (χ1) is 8.11. The molecule has 0 bridgehead atoms. The van der Waals surface area contributed by atoms with Crippen LogP contribution in [0.3, 0.4) is 0 Å². The molecule has 1 aromatic rings. The zero-order valence-electron chi connectivity index (χ0n) is 9.84. The van der Waals surface area contributed by atoms with Gasteiger partial charge >= 0.3 is 5.69 Å². The third kappa shape index (κ3) is 2.36. The number of nitro groups is 1. The van der Waals surface area contributed by atoms with Gasteiger partial charge in [-0.2, -0.15) is 0 Å². The lowest BCUT2D eigenvalue weighted by Gasteiger charge is -2.34. The summed E-state index contributed by atoms with van der Waals surface area (Å²) in [6, 6.07) is 1.86. The zero-order chi connectivity index (χ0) is 12.4. The van der Waals surface area contributed by atoms with Crippen LogP contribution in [0.25, 0.3) is 0 Å². The highest BCUT2D eigenvalue weighted by atomic mass is 16.6. The van der Waals surface area contributed by atoms with E-state index in [0.29, 0.717) is 11.4 Å². The molecule has 1 fully saturated rings. The largest absolute Gasteiger partial charge is 0.381 e. The number of rotatable bonds is 4. The summed E-state index contributed by atoms with van der Waals surface area (Å²) in [5.74, 6) is 0.356. The molecule has 6 nitrogen and oxygen atoms in total. The van der Waals surface area contributed by atoms with Crippen molar-refractivity contribution in [3.8, 4) is 0 Å². The number of methoxy groups -OCH3 is 1. The van der Waals surface area contributed by atoms with Crippen LogP contribution in [0.5, 0.6) is 0 Å². The minimum absolute atomic E-state index is 0.0633. The minimum Gasteiger partial charge on any atom is -0.381 e. The van der Waals surface area contributed by atoms with Crippen molar-refractivity contribution in [3.05, 3.63) is 27.9 Å². The lowest BCUT2D eigenvalue weighted by Crippen LogP contribution is -2.40. The first-order valence-corrected chi connectivity index (χ1v) is 5.51. The Kier molecular flexibility index (Phi) is 3.23. The lowest BCUT2D eigenvalue weighted by molar-refractivity contribution is -0.384. The second-order valence-corrected chi connectivity index (χ2v) is 4.25. The Morgan fingerprint density at radius 1 is 1.59 bits per heavy atom. The van der Waals surface area contributed by atoms with E-state index in [9.17, 15) is 10.1 Å². The second-order valence-electron chi connectivity index (χ2n) is 4.25. The Labute approximate surface area is 99.2 Å². The number of hydrogen-bond donors (Lipinski definition) is 1. The molecule has 1 saturated carbocycles. The van der Waals surface area contributed by atoms with Crippen molar-refractivity contribution in [1.29, 1.82) is 0 Å². The van der Waals surface area contributed by atoms with Gasteiger partial charge in [-0.15, -0.1) is 0 Å². The quantitative estimate of drug-likeness (QED) is 0.639. The highest BCUT2D eigenvalue weighted by Gasteiger charge is 2.31. The molecule has 92 valence electrons. The van der Waals surface area contributed by atoms with Gasteiger partial charge in [0.1, 0.15) is 0 Å². The van der Waals surface area contributed by atoms with Gasteiger partial charge in [0.15, 0.2) is 0 Å². The molecule has 1 aliphatic rings. The Morgan fingerprint density at radius 3 is 2.88 bits per heavy atom. The van der Waals surface area contributed by atoms with Crippen molar-refractivity contribution >= 4 is 11.5 Å². The van der Waals surface area contributed by atoms with Crippen molar-refractivity contribution < 1.29 is 9.66 Å². The van der Waals surface area contributed by atoms with Crippen LogP contribution in [0.2, 0.25) is 0 Å². The summed E-state index contributed by atoms with van der Waals surface area (Å²) < 4.78 is 5.16. The van der Waals surface area contributed by atoms with Gasteiger partial charge in [-0.25, -0.2) is 4.98 Å². The molecule has 17 heavy (non-hydrogen) atoms. The van der Waals surface area contributed by atoms with Crippen LogP contribution < -0.4 is 5.32 Å². The van der Waals surface area contributed by atoms with E-state index in [1.807, 2.05) is 0 Å². The number of aromatic nitrogens is 1. The van der Waals surface area contributed by atoms with Crippen LogP contribution in [0.15, 0.2) is 12.3 Å². The molecular formula is C11H15N3O3. The highest BCUT2D eigenvalue weighted by Crippen LogP contribution is 2.31. The summed E-state index contributed by atoms with van der Waals surface area (Å²) in [5.41, 5.74) is 0.684. The maximum atomic E-state index is 11.0. The van der Waals surface area contributed by atoms with Gasteiger partial charge in [0.05, 0.1) is 11.0 Å². The summed E-state index contributed by atoms with van der Waals surface area (Å²) in [7, 11) is 1.67. The molecule has 0 spiro atoms. The average molecular weight is 237 g/mol. The van der Waals surface area contributed by atoms with Crippen LogP contribution in [-0.2, 0) is 4.74 Å². The molecule has 1 aromatic heterocycles. The summed E-state index contributed by atoms with van der Waals surface area (Å²) in [6.45, 7) is 1.71. The Hall–Kier alpha value is -1.69. The van der Waals surface area contributed by atoms with Crippen LogP contribution >= 0.6 is 0 Å². The van der Waals surface area contributed by atoms with Crippen LogP contribution in [0, 0.1) is 17.0 Å². The van der Waals surface area contributed by atoms with Gasteiger partial charge in [0, 0.05) is 24.9 Å². The summed E-state index contributed by atoms with van der Waals surface area (Å²) in [5, 5.41) is 14.1. The number of pyridine rings is 1. The van der Waals surface area contributed by atoms with E-state index in [4.69, 9.17) is 4.74 Å². The predicted molar refractivity (Wildman–Crippen MR) is 63.1 cm³/mol. The van der Waals surface area contributed by atoms with E-state index in [1.54, 1.807) is 26.3 Å². The van der Waals surface area contributed by atoms with Gasteiger partial charge in [-0.1, -0.05) is 0 Å². The smallest absolute Gasteiger partial charge is 0.314 e. The van der Waals surface area contributed by atoms with Gasteiger partial charge < -0.3 is 10.1 Å². The Bertz CT molecular complexity index is 430. The number of anilines is 1. The topological polar surface area (TPSA) is 77.3 Å². The van der Waals surface area contributed by atoms with E-state index < -0.39 is 4.92 Å². The number of nitrogens with zero attached hydrogens (tertiary/aromatic N) is 2. The standard InChI is InChI=1S/C11H15N3O3/c1-7-3-4-12-11(10(7)14(15)16)13-8-5-9(6-8)17-2/h3-4,8-9H,5-6H2,1-2H3,(H,12,13). The fraction of sp³-hybridized carbons (Fsp3) is 0.545. The number of aryl methyl sites for hydroxylation is 1. The Balaban J connectivity index is 2.11. The predicted octanol–water partition coefficient (Wildman–Crippen LogP) is 1.89. The lowest BCUT2D eigenvalue weighted by atomic mass is 9.89. The summed E-state index contributed by atoms with van der Waals surface area (Å²) in [4.78, 5) is 14.6. The molecule has 0 atom stereocenters. The molecule has 0 radical (unpaired) electrons. The van der Waals surface area contributed by atoms with Crippen molar-refractivity contribution in [2.75, 3.05) is 12.4 Å². The van der Waals surface area contributed by atoms with E-state index in [0.717, 1.165) is 12.8 Å². The molecule has 1 heterocycles. The van der Waals surface area contributed by atoms with E-state index in [2.05, 4.69) is 10.3 Å². The van der Waals surface area contributed by atoms with Gasteiger partial charge in [0.2, 0.25) is 5.82 Å². The fourth-order valence-corrected chi connectivity index (χ4v) is 1.96. The monoisotopic (exact) mass is 237 g/mol. The average Bonchev–Trinajstić information content (AvgIpc) is 2.22. The maximum Gasteiger partial charge on any atom is 0.314 e. The van der Waals surface area contributed by atoms with Crippen molar-refractivity contribution in [3.63, 3.8) is 0 Å². The normalized spacial score (nSPS) is 22.9.